The van der Waals surface area contributed by atoms with Crippen LogP contribution in [-0.2, 0) is 0 Å². The van der Waals surface area contributed by atoms with Crippen molar-refractivity contribution in [2.24, 2.45) is 5.73 Å². The zero-order valence-electron chi connectivity index (χ0n) is 7.29. The fraction of sp³-hybridized carbons (Fsp3) is 0.200. The van der Waals surface area contributed by atoms with Crippen LogP contribution in [-0.4, -0.2) is 13.2 Å². The zero-order chi connectivity index (χ0) is 9.68. The van der Waals surface area contributed by atoms with Crippen molar-refractivity contribution in [1.82, 2.24) is 0 Å². The molecule has 13 heavy (non-hydrogen) atoms. The highest BCUT2D eigenvalue weighted by Gasteiger charge is 1.98. The predicted octanol–water partition coefficient (Wildman–Crippen LogP) is 2.43. The number of hydrogen-bond acceptors (Lipinski definition) is 2. The maximum absolute atomic E-state index is 5.36. The molecule has 0 saturated carbocycles. The molecule has 0 bridgehead atoms. The van der Waals surface area contributed by atoms with E-state index in [0.717, 1.165) is 15.8 Å². The molecule has 2 nitrogen and oxygen atoms in total. The van der Waals surface area contributed by atoms with Crippen molar-refractivity contribution in [3.63, 3.8) is 0 Å². The van der Waals surface area contributed by atoms with Gasteiger partial charge in [0.05, 0.1) is 0 Å². The second kappa shape index (κ2) is 5.04. The highest BCUT2D eigenvalue weighted by atomic mass is 79.9. The number of nitrogens with two attached hydrogens (primary N) is 1. The quantitative estimate of drug-likeness (QED) is 0.879. The van der Waals surface area contributed by atoms with Crippen LogP contribution in [0.15, 0.2) is 29.3 Å². The first-order chi connectivity index (χ1) is 6.27. The first kappa shape index (κ1) is 10.3. The molecule has 0 atom stereocenters. The Kier molecular flexibility index (Phi) is 3.99. The number of rotatable bonds is 4. The molecular weight excluding hydrogens is 230 g/mol. The summed E-state index contributed by atoms with van der Waals surface area (Å²) in [5.74, 6) is 0.823. The van der Waals surface area contributed by atoms with E-state index in [2.05, 4.69) is 22.5 Å². The molecule has 70 valence electrons. The zero-order valence-corrected chi connectivity index (χ0v) is 8.88. The SMILES string of the molecule is C=Cc1cc(OCCN)ccc1Br. The fourth-order valence-electron chi connectivity index (χ4n) is 0.945. The molecule has 1 aromatic carbocycles. The lowest BCUT2D eigenvalue weighted by molar-refractivity contribution is 0.328. The van der Waals surface area contributed by atoms with E-state index in [9.17, 15) is 0 Å². The lowest BCUT2D eigenvalue weighted by Gasteiger charge is -2.06. The summed E-state index contributed by atoms with van der Waals surface area (Å²) in [6.45, 7) is 4.77. The molecule has 1 rings (SSSR count). The van der Waals surface area contributed by atoms with Crippen LogP contribution in [0.1, 0.15) is 5.56 Å². The molecule has 0 aliphatic carbocycles. The maximum Gasteiger partial charge on any atom is 0.120 e. The molecule has 0 aliphatic rings. The predicted molar refractivity (Wildman–Crippen MR) is 58.8 cm³/mol. The van der Waals surface area contributed by atoms with Gasteiger partial charge in [0.15, 0.2) is 0 Å². The van der Waals surface area contributed by atoms with Crippen LogP contribution >= 0.6 is 15.9 Å². The van der Waals surface area contributed by atoms with Gasteiger partial charge >= 0.3 is 0 Å². The number of ether oxygens (including phenoxy) is 1. The monoisotopic (exact) mass is 241 g/mol. The Morgan fingerprint density at radius 2 is 2.31 bits per heavy atom. The Morgan fingerprint density at radius 3 is 2.92 bits per heavy atom. The second-order valence-electron chi connectivity index (χ2n) is 2.52. The van der Waals surface area contributed by atoms with Crippen LogP contribution in [0.3, 0.4) is 0 Å². The first-order valence-corrected chi connectivity index (χ1v) is 4.82. The van der Waals surface area contributed by atoms with E-state index < -0.39 is 0 Å². The number of halogens is 1. The Balaban J connectivity index is 2.80. The molecule has 0 radical (unpaired) electrons. The largest absolute Gasteiger partial charge is 0.492 e. The lowest BCUT2D eigenvalue weighted by atomic mass is 10.2. The van der Waals surface area contributed by atoms with E-state index >= 15 is 0 Å². The van der Waals surface area contributed by atoms with Crippen LogP contribution in [0.2, 0.25) is 0 Å². The molecule has 0 saturated heterocycles. The van der Waals surface area contributed by atoms with Gasteiger partial charge in [-0.2, -0.15) is 0 Å². The van der Waals surface area contributed by atoms with Crippen molar-refractivity contribution in [3.05, 3.63) is 34.8 Å². The molecule has 0 aromatic heterocycles. The molecule has 0 unspecified atom stereocenters. The summed E-state index contributed by atoms with van der Waals surface area (Å²) in [4.78, 5) is 0. The van der Waals surface area contributed by atoms with E-state index in [1.807, 2.05) is 18.2 Å². The van der Waals surface area contributed by atoms with Crippen LogP contribution in [0.25, 0.3) is 6.08 Å². The van der Waals surface area contributed by atoms with Gasteiger partial charge in [0.25, 0.3) is 0 Å². The van der Waals surface area contributed by atoms with Crippen molar-refractivity contribution in [2.75, 3.05) is 13.2 Å². The van der Waals surface area contributed by atoms with E-state index in [1.54, 1.807) is 6.08 Å². The van der Waals surface area contributed by atoms with Gasteiger partial charge in [-0.3, -0.25) is 0 Å². The molecular formula is C10H12BrNO. The van der Waals surface area contributed by atoms with Gasteiger partial charge in [0.1, 0.15) is 12.4 Å². The van der Waals surface area contributed by atoms with Crippen molar-refractivity contribution >= 4 is 22.0 Å². The van der Waals surface area contributed by atoms with Gasteiger partial charge in [-0.1, -0.05) is 28.6 Å². The highest BCUT2D eigenvalue weighted by molar-refractivity contribution is 9.10. The third-order valence-electron chi connectivity index (χ3n) is 1.57. The second-order valence-corrected chi connectivity index (χ2v) is 3.38. The maximum atomic E-state index is 5.36. The van der Waals surface area contributed by atoms with Crippen molar-refractivity contribution in [3.8, 4) is 5.75 Å². The molecule has 0 aliphatic heterocycles. The molecule has 0 spiro atoms. The molecule has 0 amide bonds. The topological polar surface area (TPSA) is 35.2 Å². The van der Waals surface area contributed by atoms with Crippen LogP contribution in [0.4, 0.5) is 0 Å². The van der Waals surface area contributed by atoms with Crippen LogP contribution < -0.4 is 10.5 Å². The highest BCUT2D eigenvalue weighted by Crippen LogP contribution is 2.23. The lowest BCUT2D eigenvalue weighted by Crippen LogP contribution is -2.10. The van der Waals surface area contributed by atoms with Gasteiger partial charge < -0.3 is 10.5 Å². The first-order valence-electron chi connectivity index (χ1n) is 4.02. The Labute approximate surface area is 86.5 Å². The third kappa shape index (κ3) is 2.86. The van der Waals surface area contributed by atoms with Gasteiger partial charge in [-0.25, -0.2) is 0 Å². The smallest absolute Gasteiger partial charge is 0.120 e. The molecule has 1 aromatic rings. The van der Waals surface area contributed by atoms with Gasteiger partial charge in [0, 0.05) is 11.0 Å². The van der Waals surface area contributed by atoms with E-state index in [0.29, 0.717) is 13.2 Å². The number of benzene rings is 1. The molecule has 3 heteroatoms. The molecule has 0 heterocycles. The summed E-state index contributed by atoms with van der Waals surface area (Å²) < 4.78 is 6.38. The molecule has 2 N–H and O–H groups in total. The minimum atomic E-state index is 0.527. The summed E-state index contributed by atoms with van der Waals surface area (Å²) in [6, 6.07) is 5.75. The summed E-state index contributed by atoms with van der Waals surface area (Å²) in [5, 5.41) is 0. The normalized spacial score (nSPS) is 9.69. The van der Waals surface area contributed by atoms with Gasteiger partial charge in [-0.05, 0) is 23.8 Å². The Morgan fingerprint density at radius 1 is 1.54 bits per heavy atom. The van der Waals surface area contributed by atoms with E-state index in [1.165, 1.54) is 0 Å². The van der Waals surface area contributed by atoms with Gasteiger partial charge in [-0.15, -0.1) is 0 Å². The minimum absolute atomic E-state index is 0.527. The summed E-state index contributed by atoms with van der Waals surface area (Å²) in [7, 11) is 0. The van der Waals surface area contributed by atoms with Crippen LogP contribution in [0, 0.1) is 0 Å². The molecule has 0 fully saturated rings. The van der Waals surface area contributed by atoms with E-state index in [-0.39, 0.29) is 0 Å². The summed E-state index contributed by atoms with van der Waals surface area (Å²) in [6.07, 6.45) is 1.78. The Hall–Kier alpha value is -0.800. The Bertz CT molecular complexity index is 299. The van der Waals surface area contributed by atoms with Crippen molar-refractivity contribution < 1.29 is 4.74 Å². The van der Waals surface area contributed by atoms with E-state index in [4.69, 9.17) is 10.5 Å². The van der Waals surface area contributed by atoms with Crippen molar-refractivity contribution in [1.29, 1.82) is 0 Å². The standard InChI is InChI=1S/C10H12BrNO/c1-2-8-7-9(13-6-5-12)3-4-10(8)11/h2-4,7H,1,5-6,12H2. The summed E-state index contributed by atoms with van der Waals surface area (Å²) in [5.41, 5.74) is 6.35. The average Bonchev–Trinajstić information content (AvgIpc) is 2.16. The van der Waals surface area contributed by atoms with Gasteiger partial charge in [0.2, 0.25) is 0 Å². The number of hydrogen-bond donors (Lipinski definition) is 1. The van der Waals surface area contributed by atoms with Crippen molar-refractivity contribution in [2.45, 2.75) is 0 Å². The summed E-state index contributed by atoms with van der Waals surface area (Å²) >= 11 is 3.41. The minimum Gasteiger partial charge on any atom is -0.492 e. The van der Waals surface area contributed by atoms with Crippen LogP contribution in [0.5, 0.6) is 5.75 Å². The fourth-order valence-corrected chi connectivity index (χ4v) is 1.35. The third-order valence-corrected chi connectivity index (χ3v) is 2.30. The average molecular weight is 242 g/mol.